The molecule has 0 amide bonds. The molecular formula is C11H18FNO4S. The maximum atomic E-state index is 12.9. The second-order valence-electron chi connectivity index (χ2n) is 5.38. The van der Waals surface area contributed by atoms with Crippen LogP contribution in [0.2, 0.25) is 0 Å². The van der Waals surface area contributed by atoms with Gasteiger partial charge in [0.25, 0.3) is 0 Å². The lowest BCUT2D eigenvalue weighted by Crippen LogP contribution is -2.36. The van der Waals surface area contributed by atoms with Crippen LogP contribution in [-0.4, -0.2) is 51.3 Å². The number of esters is 1. The fourth-order valence-electron chi connectivity index (χ4n) is 2.97. The van der Waals surface area contributed by atoms with E-state index in [2.05, 4.69) is 4.90 Å². The van der Waals surface area contributed by atoms with Crippen molar-refractivity contribution in [2.24, 2.45) is 5.41 Å². The first kappa shape index (κ1) is 13.7. The molecule has 2 atom stereocenters. The molecule has 2 unspecified atom stereocenters. The second-order valence-corrected chi connectivity index (χ2v) is 6.79. The van der Waals surface area contributed by atoms with Gasteiger partial charge in [-0.05, 0) is 39.4 Å². The molecule has 0 radical (unpaired) electrons. The average Bonchev–Trinajstić information content (AvgIpc) is 2.40. The van der Waals surface area contributed by atoms with Crippen molar-refractivity contribution in [2.75, 3.05) is 25.9 Å². The van der Waals surface area contributed by atoms with Gasteiger partial charge in [0.05, 0.1) is 6.42 Å². The number of ether oxygens (including phenoxy) is 1. The van der Waals surface area contributed by atoms with Crippen molar-refractivity contribution >= 4 is 16.2 Å². The molecule has 2 aliphatic rings. The summed E-state index contributed by atoms with van der Waals surface area (Å²) in [6.07, 6.45) is 1.64. The minimum absolute atomic E-state index is 0.209. The zero-order valence-electron chi connectivity index (χ0n) is 10.4. The summed E-state index contributed by atoms with van der Waals surface area (Å²) in [5.41, 5.74) is -0.499. The van der Waals surface area contributed by atoms with Crippen molar-refractivity contribution in [2.45, 2.75) is 31.8 Å². The fraction of sp³-hybridized carbons (Fsp3) is 0.909. The molecule has 5 nitrogen and oxygen atoms in total. The van der Waals surface area contributed by atoms with Crippen molar-refractivity contribution in [3.8, 4) is 0 Å². The molecule has 18 heavy (non-hydrogen) atoms. The van der Waals surface area contributed by atoms with Gasteiger partial charge in [-0.3, -0.25) is 4.79 Å². The highest BCUT2D eigenvalue weighted by molar-refractivity contribution is 7.86. The van der Waals surface area contributed by atoms with Crippen LogP contribution in [0.5, 0.6) is 0 Å². The first-order chi connectivity index (χ1) is 8.31. The average molecular weight is 279 g/mol. The smallest absolute Gasteiger partial charge is 0.306 e. The van der Waals surface area contributed by atoms with E-state index in [0.29, 0.717) is 12.8 Å². The Morgan fingerprint density at radius 1 is 1.44 bits per heavy atom. The first-order valence-electron chi connectivity index (χ1n) is 6.11. The third-order valence-electron chi connectivity index (χ3n) is 4.01. The normalized spacial score (nSPS) is 34.6. The zero-order chi connectivity index (χ0) is 13.4. The molecule has 1 spiro atoms. The highest BCUT2D eigenvalue weighted by Crippen LogP contribution is 2.45. The van der Waals surface area contributed by atoms with E-state index in [1.807, 2.05) is 7.05 Å². The highest BCUT2D eigenvalue weighted by Gasteiger charge is 2.50. The molecule has 7 heteroatoms. The van der Waals surface area contributed by atoms with Crippen molar-refractivity contribution in [1.82, 2.24) is 4.90 Å². The number of rotatable bonds is 2. The summed E-state index contributed by atoms with van der Waals surface area (Å²) in [5, 5.41) is 0. The molecule has 0 aromatic heterocycles. The van der Waals surface area contributed by atoms with E-state index < -0.39 is 33.5 Å². The summed E-state index contributed by atoms with van der Waals surface area (Å²) in [6, 6.07) is 0. The van der Waals surface area contributed by atoms with Crippen LogP contribution >= 0.6 is 0 Å². The summed E-state index contributed by atoms with van der Waals surface area (Å²) < 4.78 is 39.5. The summed E-state index contributed by atoms with van der Waals surface area (Å²) >= 11 is 0. The van der Waals surface area contributed by atoms with Crippen LogP contribution in [0.25, 0.3) is 0 Å². The van der Waals surface area contributed by atoms with E-state index >= 15 is 0 Å². The number of carbonyl (C=O) groups excluding carboxylic acids is 1. The Labute approximate surface area is 106 Å². The Bertz CT molecular complexity index is 438. The Hall–Kier alpha value is -0.690. The topological polar surface area (TPSA) is 63.7 Å². The van der Waals surface area contributed by atoms with Gasteiger partial charge in [-0.25, -0.2) is 0 Å². The minimum atomic E-state index is -4.62. The quantitative estimate of drug-likeness (QED) is 0.550. The number of likely N-dealkylation sites (tertiary alicyclic amines) is 1. The molecule has 0 aromatic rings. The van der Waals surface area contributed by atoms with E-state index in [4.69, 9.17) is 4.74 Å². The lowest BCUT2D eigenvalue weighted by atomic mass is 9.75. The summed E-state index contributed by atoms with van der Waals surface area (Å²) in [6.45, 7) is 1.69. The number of hydrogen-bond donors (Lipinski definition) is 0. The van der Waals surface area contributed by atoms with Gasteiger partial charge in [-0.15, -0.1) is 3.89 Å². The highest BCUT2D eigenvalue weighted by atomic mass is 32.3. The van der Waals surface area contributed by atoms with E-state index in [1.54, 1.807) is 0 Å². The Balaban J connectivity index is 2.19. The molecule has 0 N–H and O–H groups in total. The molecule has 2 fully saturated rings. The third-order valence-corrected chi connectivity index (χ3v) is 4.71. The maximum Gasteiger partial charge on any atom is 0.306 e. The van der Waals surface area contributed by atoms with Gasteiger partial charge in [0.15, 0.2) is 0 Å². The zero-order valence-corrected chi connectivity index (χ0v) is 11.2. The van der Waals surface area contributed by atoms with Gasteiger partial charge in [-0.2, -0.15) is 8.42 Å². The van der Waals surface area contributed by atoms with Crippen LogP contribution < -0.4 is 0 Å². The molecule has 0 saturated carbocycles. The molecule has 0 bridgehead atoms. The van der Waals surface area contributed by atoms with Crippen molar-refractivity contribution in [3.63, 3.8) is 0 Å². The molecular weight excluding hydrogens is 261 g/mol. The molecule has 2 rings (SSSR count). The lowest BCUT2D eigenvalue weighted by Gasteiger charge is -2.30. The lowest BCUT2D eigenvalue weighted by molar-refractivity contribution is -0.141. The summed E-state index contributed by atoms with van der Waals surface area (Å²) in [4.78, 5) is 13.6. The van der Waals surface area contributed by atoms with Crippen LogP contribution in [0.15, 0.2) is 0 Å². The van der Waals surface area contributed by atoms with Crippen LogP contribution in [0, 0.1) is 5.41 Å². The monoisotopic (exact) mass is 279 g/mol. The molecule has 104 valence electrons. The van der Waals surface area contributed by atoms with Crippen molar-refractivity contribution in [1.29, 1.82) is 0 Å². The molecule has 2 heterocycles. The largest absolute Gasteiger partial charge is 0.461 e. The predicted octanol–water partition coefficient (Wildman–Crippen LogP) is 0.703. The van der Waals surface area contributed by atoms with Crippen LogP contribution in [-0.2, 0) is 19.8 Å². The molecule has 0 aromatic carbocycles. The van der Waals surface area contributed by atoms with Gasteiger partial charge in [-0.1, -0.05) is 0 Å². The van der Waals surface area contributed by atoms with Crippen molar-refractivity contribution < 1.29 is 21.8 Å². The minimum Gasteiger partial charge on any atom is -0.461 e. The number of nitrogens with zero attached hydrogens (tertiary/aromatic N) is 1. The van der Waals surface area contributed by atoms with E-state index in [0.717, 1.165) is 19.5 Å². The van der Waals surface area contributed by atoms with Crippen LogP contribution in [0.4, 0.5) is 3.89 Å². The SMILES string of the molecule is CN1CCCC2(CC1)CC(=O)OC2CS(=O)(=O)F. The van der Waals surface area contributed by atoms with E-state index in [1.165, 1.54) is 0 Å². The van der Waals surface area contributed by atoms with Gasteiger partial charge in [0.1, 0.15) is 11.9 Å². The fourth-order valence-corrected chi connectivity index (χ4v) is 3.75. The van der Waals surface area contributed by atoms with E-state index in [9.17, 15) is 17.1 Å². The summed E-state index contributed by atoms with van der Waals surface area (Å²) in [5.74, 6) is -1.11. The van der Waals surface area contributed by atoms with Gasteiger partial charge in [0.2, 0.25) is 0 Å². The second kappa shape index (κ2) is 4.77. The van der Waals surface area contributed by atoms with Gasteiger partial charge >= 0.3 is 16.2 Å². The first-order valence-corrected chi connectivity index (χ1v) is 7.66. The van der Waals surface area contributed by atoms with Crippen molar-refractivity contribution in [3.05, 3.63) is 0 Å². The van der Waals surface area contributed by atoms with E-state index in [-0.39, 0.29) is 6.42 Å². The van der Waals surface area contributed by atoms with Gasteiger partial charge < -0.3 is 9.64 Å². The molecule has 2 aliphatic heterocycles. The van der Waals surface area contributed by atoms with Gasteiger partial charge in [0, 0.05) is 5.41 Å². The third kappa shape index (κ3) is 3.00. The standard InChI is InChI=1S/C11H18FNO4S/c1-13-5-2-3-11(4-6-13)7-10(14)17-9(11)8-18(12,15)16/h9H,2-8H2,1H3. The number of hydrogen-bond acceptors (Lipinski definition) is 5. The van der Waals surface area contributed by atoms with Crippen LogP contribution in [0.1, 0.15) is 25.7 Å². The Kier molecular flexibility index (Phi) is 3.64. The number of carbonyl (C=O) groups is 1. The molecule has 0 aliphatic carbocycles. The summed E-state index contributed by atoms with van der Waals surface area (Å²) in [7, 11) is -2.64. The number of halogens is 1. The predicted molar refractivity (Wildman–Crippen MR) is 63.2 cm³/mol. The van der Waals surface area contributed by atoms with Crippen LogP contribution in [0.3, 0.4) is 0 Å². The Morgan fingerprint density at radius 2 is 2.17 bits per heavy atom. The Morgan fingerprint density at radius 3 is 2.83 bits per heavy atom. The maximum absolute atomic E-state index is 12.9. The molecule has 2 saturated heterocycles. The number of cyclic esters (lactones) is 1.